The van der Waals surface area contributed by atoms with Gasteiger partial charge in [-0.1, -0.05) is 18.7 Å². The van der Waals surface area contributed by atoms with Gasteiger partial charge in [0, 0.05) is 13.2 Å². The predicted octanol–water partition coefficient (Wildman–Crippen LogP) is 2.31. The smallest absolute Gasteiger partial charge is 0.313 e. The van der Waals surface area contributed by atoms with E-state index in [1.54, 1.807) is 7.11 Å². The van der Waals surface area contributed by atoms with E-state index in [1.807, 2.05) is 32.3 Å². The number of aromatic nitrogens is 3. The van der Waals surface area contributed by atoms with E-state index in [1.165, 1.54) is 11.8 Å². The van der Waals surface area contributed by atoms with Gasteiger partial charge in [-0.2, -0.15) is 0 Å². The molecule has 0 amide bonds. The summed E-state index contributed by atoms with van der Waals surface area (Å²) in [5, 5.41) is 17.7. The van der Waals surface area contributed by atoms with Gasteiger partial charge in [0.25, 0.3) is 0 Å². The molecule has 0 radical (unpaired) electrons. The highest BCUT2D eigenvalue weighted by Gasteiger charge is 2.32. The Kier molecular flexibility index (Phi) is 5.37. The Bertz CT molecular complexity index is 441. The van der Waals surface area contributed by atoms with Gasteiger partial charge in [-0.15, -0.1) is 10.2 Å². The number of ether oxygens (including phenoxy) is 1. The van der Waals surface area contributed by atoms with Crippen LogP contribution in [0.25, 0.3) is 0 Å². The molecule has 1 rings (SSSR count). The number of hydrogen-bond acceptors (Lipinski definition) is 5. The molecular weight excluding hydrogens is 266 g/mol. The van der Waals surface area contributed by atoms with Crippen molar-refractivity contribution in [3.63, 3.8) is 0 Å². The monoisotopic (exact) mass is 287 g/mol. The van der Waals surface area contributed by atoms with Crippen LogP contribution in [0.1, 0.15) is 46.0 Å². The van der Waals surface area contributed by atoms with Crippen molar-refractivity contribution in [1.82, 2.24) is 14.8 Å². The molecule has 0 saturated heterocycles. The van der Waals surface area contributed by atoms with Crippen LogP contribution < -0.4 is 0 Å². The average molecular weight is 287 g/mol. The van der Waals surface area contributed by atoms with Gasteiger partial charge in [-0.3, -0.25) is 4.79 Å². The van der Waals surface area contributed by atoms with E-state index < -0.39 is 11.6 Å². The van der Waals surface area contributed by atoms with Crippen molar-refractivity contribution in [2.45, 2.75) is 50.9 Å². The molecule has 7 heteroatoms. The van der Waals surface area contributed by atoms with Crippen LogP contribution in [0.15, 0.2) is 5.16 Å². The second-order valence-corrected chi connectivity index (χ2v) is 5.68. The van der Waals surface area contributed by atoms with Crippen LogP contribution in [0.5, 0.6) is 0 Å². The Balaban J connectivity index is 3.16. The zero-order valence-electron chi connectivity index (χ0n) is 12.0. The quantitative estimate of drug-likeness (QED) is 0.775. The van der Waals surface area contributed by atoms with E-state index in [-0.39, 0.29) is 11.8 Å². The lowest BCUT2D eigenvalue weighted by molar-refractivity contribution is -0.133. The van der Waals surface area contributed by atoms with E-state index in [4.69, 9.17) is 9.84 Å². The fraction of sp³-hybridized carbons (Fsp3) is 0.750. The molecule has 19 heavy (non-hydrogen) atoms. The zero-order chi connectivity index (χ0) is 14.6. The van der Waals surface area contributed by atoms with Crippen LogP contribution in [-0.2, 0) is 15.1 Å². The second-order valence-electron chi connectivity index (χ2n) is 4.74. The highest BCUT2D eigenvalue weighted by molar-refractivity contribution is 7.99. The highest BCUT2D eigenvalue weighted by Crippen LogP contribution is 2.31. The normalized spacial score (nSPS) is 14.6. The molecule has 0 aliphatic carbocycles. The molecule has 108 valence electrons. The first-order valence-electron chi connectivity index (χ1n) is 6.20. The van der Waals surface area contributed by atoms with E-state index in [2.05, 4.69) is 10.2 Å². The third-order valence-corrected chi connectivity index (χ3v) is 4.03. The third-order valence-electron chi connectivity index (χ3n) is 3.10. The summed E-state index contributed by atoms with van der Waals surface area (Å²) in [6.07, 6.45) is 0.762. The first kappa shape index (κ1) is 16.0. The summed E-state index contributed by atoms with van der Waals surface area (Å²) in [6.45, 7) is 8.02. The van der Waals surface area contributed by atoms with Gasteiger partial charge in [0.2, 0.25) is 0 Å². The van der Waals surface area contributed by atoms with Crippen LogP contribution in [0, 0.1) is 0 Å². The number of rotatable bonds is 7. The number of aliphatic carboxylic acids is 1. The molecule has 0 aliphatic heterocycles. The van der Waals surface area contributed by atoms with Gasteiger partial charge in [0.15, 0.2) is 11.0 Å². The molecule has 0 aliphatic rings. The Hall–Kier alpha value is -1.08. The van der Waals surface area contributed by atoms with Gasteiger partial charge < -0.3 is 14.4 Å². The largest absolute Gasteiger partial charge is 0.481 e. The first-order valence-corrected chi connectivity index (χ1v) is 7.19. The summed E-state index contributed by atoms with van der Waals surface area (Å²) >= 11 is 1.18. The molecule has 1 N–H and O–H groups in total. The van der Waals surface area contributed by atoms with Crippen molar-refractivity contribution < 1.29 is 14.6 Å². The van der Waals surface area contributed by atoms with Gasteiger partial charge >= 0.3 is 5.97 Å². The average Bonchev–Trinajstić information content (AvgIpc) is 2.79. The molecule has 0 aromatic carbocycles. The number of hydrogen-bond donors (Lipinski definition) is 1. The van der Waals surface area contributed by atoms with E-state index >= 15 is 0 Å². The maximum Gasteiger partial charge on any atom is 0.313 e. The molecule has 1 atom stereocenters. The van der Waals surface area contributed by atoms with Crippen LogP contribution in [0.4, 0.5) is 0 Å². The Labute approximate surface area is 117 Å². The summed E-state index contributed by atoms with van der Waals surface area (Å²) in [4.78, 5) is 10.7. The molecule has 6 nitrogen and oxygen atoms in total. The summed E-state index contributed by atoms with van der Waals surface area (Å²) in [6, 6.07) is 0.141. The third kappa shape index (κ3) is 3.48. The van der Waals surface area contributed by atoms with E-state index in [0.29, 0.717) is 5.16 Å². The summed E-state index contributed by atoms with van der Waals surface area (Å²) in [5.41, 5.74) is -0.515. The Morgan fingerprint density at radius 3 is 2.58 bits per heavy atom. The van der Waals surface area contributed by atoms with Gasteiger partial charge in [0.05, 0.1) is 5.75 Å². The first-order chi connectivity index (χ1) is 8.85. The Morgan fingerprint density at radius 2 is 2.16 bits per heavy atom. The predicted molar refractivity (Wildman–Crippen MR) is 73.4 cm³/mol. The SMILES string of the molecule is CCC(C)(OC)c1nnc(SCC(=O)O)n1C(C)C. The lowest BCUT2D eigenvalue weighted by Crippen LogP contribution is -2.29. The van der Waals surface area contributed by atoms with Crippen molar-refractivity contribution in [3.05, 3.63) is 5.82 Å². The van der Waals surface area contributed by atoms with Crippen molar-refractivity contribution in [2.24, 2.45) is 0 Å². The number of carbonyl (C=O) groups is 1. The molecule has 0 saturated carbocycles. The highest BCUT2D eigenvalue weighted by atomic mass is 32.2. The van der Waals surface area contributed by atoms with Crippen LogP contribution in [-0.4, -0.2) is 38.7 Å². The molecule has 0 spiro atoms. The van der Waals surface area contributed by atoms with Gasteiger partial charge in [-0.25, -0.2) is 0 Å². The van der Waals surface area contributed by atoms with Crippen molar-refractivity contribution in [1.29, 1.82) is 0 Å². The molecule has 1 aromatic heterocycles. The zero-order valence-corrected chi connectivity index (χ0v) is 12.8. The maximum atomic E-state index is 10.7. The van der Waals surface area contributed by atoms with Crippen LogP contribution in [0.3, 0.4) is 0 Å². The summed E-state index contributed by atoms with van der Waals surface area (Å²) in [7, 11) is 1.65. The maximum absolute atomic E-state index is 10.7. The number of methoxy groups -OCH3 is 1. The molecule has 1 aromatic rings. The minimum atomic E-state index is -0.866. The second kappa shape index (κ2) is 6.38. The van der Waals surface area contributed by atoms with Gasteiger partial charge in [-0.05, 0) is 27.2 Å². The fourth-order valence-electron chi connectivity index (χ4n) is 1.72. The Morgan fingerprint density at radius 1 is 1.53 bits per heavy atom. The van der Waals surface area contributed by atoms with Crippen molar-refractivity contribution >= 4 is 17.7 Å². The van der Waals surface area contributed by atoms with Crippen LogP contribution >= 0.6 is 11.8 Å². The number of carboxylic acids is 1. The van der Waals surface area contributed by atoms with E-state index in [9.17, 15) is 4.79 Å². The van der Waals surface area contributed by atoms with E-state index in [0.717, 1.165) is 12.2 Å². The number of nitrogens with zero attached hydrogens (tertiary/aromatic N) is 3. The molecule has 0 fully saturated rings. The van der Waals surface area contributed by atoms with Gasteiger partial charge in [0.1, 0.15) is 5.60 Å². The molecule has 1 unspecified atom stereocenters. The van der Waals surface area contributed by atoms with Crippen molar-refractivity contribution in [3.8, 4) is 0 Å². The summed E-state index contributed by atoms with van der Waals surface area (Å²) in [5.74, 6) is -0.157. The fourth-order valence-corrected chi connectivity index (χ4v) is 2.51. The van der Waals surface area contributed by atoms with Crippen LogP contribution in [0.2, 0.25) is 0 Å². The lowest BCUT2D eigenvalue weighted by Gasteiger charge is -2.27. The molecule has 0 bridgehead atoms. The topological polar surface area (TPSA) is 77.2 Å². The molecular formula is C12H21N3O3S. The minimum absolute atomic E-state index is 0.0271. The lowest BCUT2D eigenvalue weighted by atomic mass is 10.0. The summed E-state index contributed by atoms with van der Waals surface area (Å²) < 4.78 is 7.50. The molecule has 1 heterocycles. The van der Waals surface area contributed by atoms with Crippen molar-refractivity contribution in [2.75, 3.05) is 12.9 Å². The minimum Gasteiger partial charge on any atom is -0.481 e. The number of thioether (sulfide) groups is 1. The standard InChI is InChI=1S/C12H21N3O3S/c1-6-12(4,18-5)10-13-14-11(15(10)8(2)3)19-7-9(16)17/h8H,6-7H2,1-5H3,(H,16,17). The number of carboxylic acid groups (broad SMARTS) is 1.